The van der Waals surface area contributed by atoms with E-state index in [0.29, 0.717) is 5.56 Å². The molecule has 0 saturated carbocycles. The van der Waals surface area contributed by atoms with Crippen LogP contribution in [0.2, 0.25) is 0 Å². The Hall–Kier alpha value is -3.15. The van der Waals surface area contributed by atoms with Gasteiger partial charge in [0.1, 0.15) is 5.75 Å². The number of benzene rings is 2. The van der Waals surface area contributed by atoms with Crippen molar-refractivity contribution in [3.8, 4) is 5.75 Å². The molecular weight excluding hydrogens is 320 g/mol. The van der Waals surface area contributed by atoms with Crippen LogP contribution in [-0.2, 0) is 4.79 Å². The summed E-state index contributed by atoms with van der Waals surface area (Å²) < 4.78 is 5.09. The fourth-order valence-electron chi connectivity index (χ4n) is 2.31. The number of ether oxygens (including phenoxy) is 1. The standard InChI is InChI=1S/C19H20N2O4/c1-14(16-5-4-6-17(13-16)21(23)24)20(2)19(22)12-9-15-7-10-18(25-3)11-8-15/h4-14H,1-3H3/b12-9+/t14-/m0/s1. The van der Waals surface area contributed by atoms with Crippen LogP contribution in [0.5, 0.6) is 5.75 Å². The van der Waals surface area contributed by atoms with Gasteiger partial charge in [0.15, 0.2) is 0 Å². The largest absolute Gasteiger partial charge is 0.497 e. The third-order valence-electron chi connectivity index (χ3n) is 4.03. The number of nitro benzene ring substituents is 1. The molecule has 0 aliphatic rings. The average Bonchev–Trinajstić information content (AvgIpc) is 2.65. The summed E-state index contributed by atoms with van der Waals surface area (Å²) in [5.41, 5.74) is 1.60. The number of likely N-dealkylation sites (N-methyl/N-ethyl adjacent to an activating group) is 1. The second-order valence-corrected chi connectivity index (χ2v) is 5.58. The van der Waals surface area contributed by atoms with Crippen LogP contribution < -0.4 is 4.74 Å². The molecule has 0 bridgehead atoms. The molecule has 0 aliphatic carbocycles. The van der Waals surface area contributed by atoms with Crippen LogP contribution in [0.3, 0.4) is 0 Å². The van der Waals surface area contributed by atoms with Gasteiger partial charge in [-0.2, -0.15) is 0 Å². The van der Waals surface area contributed by atoms with E-state index >= 15 is 0 Å². The molecule has 25 heavy (non-hydrogen) atoms. The maximum Gasteiger partial charge on any atom is 0.269 e. The van der Waals surface area contributed by atoms with E-state index in [1.54, 1.807) is 37.3 Å². The first-order chi connectivity index (χ1) is 11.9. The minimum absolute atomic E-state index is 0.0129. The fraction of sp³-hybridized carbons (Fsp3) is 0.211. The molecule has 1 atom stereocenters. The molecule has 0 spiro atoms. The van der Waals surface area contributed by atoms with Crippen molar-refractivity contribution >= 4 is 17.7 Å². The van der Waals surface area contributed by atoms with Gasteiger partial charge in [0.05, 0.1) is 18.1 Å². The number of carbonyl (C=O) groups excluding carboxylic acids is 1. The van der Waals surface area contributed by atoms with Crippen LogP contribution in [0.4, 0.5) is 5.69 Å². The van der Waals surface area contributed by atoms with Gasteiger partial charge in [-0.15, -0.1) is 0 Å². The molecule has 2 aromatic carbocycles. The maximum absolute atomic E-state index is 12.4. The van der Waals surface area contributed by atoms with E-state index in [4.69, 9.17) is 4.74 Å². The smallest absolute Gasteiger partial charge is 0.269 e. The Labute approximate surface area is 146 Å². The Bertz CT molecular complexity index is 784. The number of nitrogens with zero attached hydrogens (tertiary/aromatic N) is 2. The van der Waals surface area contributed by atoms with Gasteiger partial charge >= 0.3 is 0 Å². The van der Waals surface area contributed by atoms with E-state index in [9.17, 15) is 14.9 Å². The third kappa shape index (κ3) is 4.67. The van der Waals surface area contributed by atoms with E-state index in [-0.39, 0.29) is 17.6 Å². The normalized spacial score (nSPS) is 12.0. The summed E-state index contributed by atoms with van der Waals surface area (Å²) in [5.74, 6) is 0.565. The average molecular weight is 340 g/mol. The molecular formula is C19H20N2O4. The van der Waals surface area contributed by atoms with Crippen LogP contribution in [0.15, 0.2) is 54.6 Å². The van der Waals surface area contributed by atoms with Crippen LogP contribution in [-0.4, -0.2) is 29.9 Å². The number of amides is 1. The number of methoxy groups -OCH3 is 1. The number of carbonyl (C=O) groups is 1. The second-order valence-electron chi connectivity index (χ2n) is 5.58. The zero-order chi connectivity index (χ0) is 18.4. The fourth-order valence-corrected chi connectivity index (χ4v) is 2.31. The predicted octanol–water partition coefficient (Wildman–Crippen LogP) is 3.84. The summed E-state index contributed by atoms with van der Waals surface area (Å²) >= 11 is 0. The summed E-state index contributed by atoms with van der Waals surface area (Å²) in [6.07, 6.45) is 3.20. The first-order valence-corrected chi connectivity index (χ1v) is 7.75. The summed E-state index contributed by atoms with van der Waals surface area (Å²) in [5, 5.41) is 10.9. The van der Waals surface area contributed by atoms with Crippen molar-refractivity contribution in [1.29, 1.82) is 0 Å². The van der Waals surface area contributed by atoms with Gasteiger partial charge in [-0.25, -0.2) is 0 Å². The zero-order valence-electron chi connectivity index (χ0n) is 14.4. The lowest BCUT2D eigenvalue weighted by Crippen LogP contribution is -2.28. The van der Waals surface area contributed by atoms with Crippen LogP contribution >= 0.6 is 0 Å². The Morgan fingerprint density at radius 1 is 1.24 bits per heavy atom. The van der Waals surface area contributed by atoms with Gasteiger partial charge in [-0.05, 0) is 36.3 Å². The quantitative estimate of drug-likeness (QED) is 0.455. The number of hydrogen-bond acceptors (Lipinski definition) is 4. The number of hydrogen-bond donors (Lipinski definition) is 0. The van der Waals surface area contributed by atoms with Crippen LogP contribution in [0, 0.1) is 10.1 Å². The molecule has 2 rings (SSSR count). The van der Waals surface area contributed by atoms with Gasteiger partial charge in [-0.1, -0.05) is 24.3 Å². The van der Waals surface area contributed by atoms with Crippen molar-refractivity contribution in [3.05, 3.63) is 75.8 Å². The highest BCUT2D eigenvalue weighted by Gasteiger charge is 2.17. The third-order valence-corrected chi connectivity index (χ3v) is 4.03. The zero-order valence-corrected chi connectivity index (χ0v) is 14.4. The molecule has 2 aromatic rings. The summed E-state index contributed by atoms with van der Waals surface area (Å²) in [4.78, 5) is 24.3. The van der Waals surface area contributed by atoms with Gasteiger partial charge in [0, 0.05) is 25.3 Å². The molecule has 0 radical (unpaired) electrons. The molecule has 6 nitrogen and oxygen atoms in total. The molecule has 0 aromatic heterocycles. The topological polar surface area (TPSA) is 72.7 Å². The highest BCUT2D eigenvalue weighted by Crippen LogP contribution is 2.23. The first kappa shape index (κ1) is 18.2. The Kier molecular flexibility index (Phi) is 5.89. The summed E-state index contributed by atoms with van der Waals surface area (Å²) in [6.45, 7) is 1.83. The minimum Gasteiger partial charge on any atom is -0.497 e. The van der Waals surface area contributed by atoms with Crippen molar-refractivity contribution < 1.29 is 14.5 Å². The van der Waals surface area contributed by atoms with Crippen LogP contribution in [0.25, 0.3) is 6.08 Å². The highest BCUT2D eigenvalue weighted by atomic mass is 16.6. The van der Waals surface area contributed by atoms with Crippen molar-refractivity contribution in [2.24, 2.45) is 0 Å². The molecule has 0 fully saturated rings. The van der Waals surface area contributed by atoms with Gasteiger partial charge in [0.25, 0.3) is 5.69 Å². The van der Waals surface area contributed by atoms with E-state index in [0.717, 1.165) is 11.3 Å². The summed E-state index contributed by atoms with van der Waals surface area (Å²) in [6, 6.07) is 13.4. The van der Waals surface area contributed by atoms with E-state index in [1.165, 1.54) is 18.2 Å². The van der Waals surface area contributed by atoms with Crippen molar-refractivity contribution in [2.45, 2.75) is 13.0 Å². The van der Waals surface area contributed by atoms with E-state index in [1.807, 2.05) is 31.2 Å². The molecule has 130 valence electrons. The predicted molar refractivity (Wildman–Crippen MR) is 96.3 cm³/mol. The number of non-ortho nitro benzene ring substituents is 1. The lowest BCUT2D eigenvalue weighted by molar-refractivity contribution is -0.384. The van der Waals surface area contributed by atoms with Crippen molar-refractivity contribution in [1.82, 2.24) is 4.90 Å². The lowest BCUT2D eigenvalue weighted by Gasteiger charge is -2.24. The van der Waals surface area contributed by atoms with Gasteiger partial charge in [-0.3, -0.25) is 14.9 Å². The van der Waals surface area contributed by atoms with E-state index < -0.39 is 4.92 Å². The lowest BCUT2D eigenvalue weighted by atomic mass is 10.1. The molecule has 6 heteroatoms. The molecule has 0 N–H and O–H groups in total. The van der Waals surface area contributed by atoms with Gasteiger partial charge in [0.2, 0.25) is 5.91 Å². The van der Waals surface area contributed by atoms with Crippen molar-refractivity contribution in [2.75, 3.05) is 14.2 Å². The molecule has 1 amide bonds. The highest BCUT2D eigenvalue weighted by molar-refractivity contribution is 5.91. The molecule has 0 unspecified atom stereocenters. The molecule has 0 aliphatic heterocycles. The first-order valence-electron chi connectivity index (χ1n) is 7.75. The van der Waals surface area contributed by atoms with Crippen molar-refractivity contribution in [3.63, 3.8) is 0 Å². The number of nitro groups is 1. The maximum atomic E-state index is 12.4. The summed E-state index contributed by atoms with van der Waals surface area (Å²) in [7, 11) is 3.27. The molecule has 0 heterocycles. The van der Waals surface area contributed by atoms with E-state index in [2.05, 4.69) is 0 Å². The SMILES string of the molecule is COc1ccc(/C=C/C(=O)N(C)[C@@H](C)c2cccc([N+](=O)[O-])c2)cc1. The Morgan fingerprint density at radius 3 is 2.52 bits per heavy atom. The monoisotopic (exact) mass is 340 g/mol. The number of rotatable bonds is 6. The minimum atomic E-state index is -0.443. The Morgan fingerprint density at radius 2 is 1.92 bits per heavy atom. The van der Waals surface area contributed by atoms with Gasteiger partial charge < -0.3 is 9.64 Å². The molecule has 0 saturated heterocycles. The Balaban J connectivity index is 2.08. The second kappa shape index (κ2) is 8.10. The van der Waals surface area contributed by atoms with Crippen LogP contribution in [0.1, 0.15) is 24.1 Å².